The van der Waals surface area contributed by atoms with Crippen molar-refractivity contribution in [2.45, 2.75) is 13.0 Å². The lowest BCUT2D eigenvalue weighted by atomic mass is 10.1. The maximum atomic E-state index is 6.21. The number of nitrogens with zero attached hydrogens (tertiary/aromatic N) is 4. The lowest BCUT2D eigenvalue weighted by molar-refractivity contribution is 0.631. The minimum Gasteiger partial charge on any atom is -0.383 e. The first-order valence-corrected chi connectivity index (χ1v) is 8.88. The zero-order valence-corrected chi connectivity index (χ0v) is 14.6. The van der Waals surface area contributed by atoms with Crippen molar-refractivity contribution in [3.8, 4) is 11.3 Å². The predicted octanol–water partition coefficient (Wildman–Crippen LogP) is 3.80. The second-order valence-corrected chi connectivity index (χ2v) is 6.51. The minimum atomic E-state index is 0.450. The third-order valence-corrected chi connectivity index (χ3v) is 4.86. The molecule has 0 fully saturated rings. The van der Waals surface area contributed by atoms with Gasteiger partial charge in [-0.15, -0.1) is 0 Å². The van der Waals surface area contributed by atoms with Crippen molar-refractivity contribution in [1.82, 2.24) is 24.7 Å². The van der Waals surface area contributed by atoms with Gasteiger partial charge < -0.3 is 10.7 Å². The summed E-state index contributed by atoms with van der Waals surface area (Å²) in [6.07, 6.45) is 4.34. The van der Waals surface area contributed by atoms with E-state index in [0.717, 1.165) is 46.2 Å². The summed E-state index contributed by atoms with van der Waals surface area (Å²) in [5.41, 5.74) is 11.1. The molecule has 5 rings (SSSR count). The summed E-state index contributed by atoms with van der Waals surface area (Å²) >= 11 is 0. The fraction of sp³-hybridized carbons (Fsp3) is 0.0952. The molecule has 0 amide bonds. The van der Waals surface area contributed by atoms with Crippen molar-refractivity contribution in [1.29, 1.82) is 0 Å². The second-order valence-electron chi connectivity index (χ2n) is 6.51. The number of para-hydroxylation sites is 1. The molecule has 3 N–H and O–H groups in total. The number of rotatable bonds is 4. The lowest BCUT2D eigenvalue weighted by Gasteiger charge is -2.03. The van der Waals surface area contributed by atoms with Gasteiger partial charge in [0.25, 0.3) is 0 Å². The van der Waals surface area contributed by atoms with Gasteiger partial charge in [-0.2, -0.15) is 5.10 Å². The topological polar surface area (TPSA) is 85.4 Å². The predicted molar refractivity (Wildman–Crippen MR) is 107 cm³/mol. The van der Waals surface area contributed by atoms with Crippen LogP contribution in [0, 0.1) is 0 Å². The molecule has 0 unspecified atom stereocenters. The minimum absolute atomic E-state index is 0.450. The normalized spacial score (nSPS) is 11.4. The van der Waals surface area contributed by atoms with Crippen LogP contribution in [0.2, 0.25) is 0 Å². The highest BCUT2D eigenvalue weighted by molar-refractivity contribution is 6.05. The first-order valence-electron chi connectivity index (χ1n) is 8.88. The summed E-state index contributed by atoms with van der Waals surface area (Å²) in [6.45, 7) is 0.722. The summed E-state index contributed by atoms with van der Waals surface area (Å²) in [5.74, 6) is 0.450. The van der Waals surface area contributed by atoms with Gasteiger partial charge in [0, 0.05) is 29.2 Å². The zero-order chi connectivity index (χ0) is 18.2. The van der Waals surface area contributed by atoms with Gasteiger partial charge >= 0.3 is 0 Å². The Hall–Kier alpha value is -3.67. The number of aryl methyl sites for hydroxylation is 2. The number of nitrogens with two attached hydrogens (primary N) is 1. The SMILES string of the molecule is Nc1ncnc2c1c(-c1c[nH]c3ccccc13)nn2CCc1ccccc1. The number of fused-ring (bicyclic) bond motifs is 2. The molecule has 27 heavy (non-hydrogen) atoms. The monoisotopic (exact) mass is 354 g/mol. The van der Waals surface area contributed by atoms with E-state index in [2.05, 4.69) is 33.2 Å². The third kappa shape index (κ3) is 2.62. The van der Waals surface area contributed by atoms with Crippen LogP contribution in [0.3, 0.4) is 0 Å². The van der Waals surface area contributed by atoms with Gasteiger partial charge in [-0.3, -0.25) is 0 Å². The van der Waals surface area contributed by atoms with E-state index in [-0.39, 0.29) is 0 Å². The maximum absolute atomic E-state index is 6.21. The van der Waals surface area contributed by atoms with E-state index in [4.69, 9.17) is 10.8 Å². The molecule has 0 spiro atoms. The number of nitrogen functional groups attached to an aromatic ring is 1. The van der Waals surface area contributed by atoms with Crippen molar-refractivity contribution in [2.24, 2.45) is 0 Å². The summed E-state index contributed by atoms with van der Waals surface area (Å²) in [4.78, 5) is 12.0. The molecule has 0 radical (unpaired) electrons. The van der Waals surface area contributed by atoms with Crippen LogP contribution in [0.4, 0.5) is 5.82 Å². The van der Waals surface area contributed by atoms with Gasteiger partial charge in [-0.25, -0.2) is 14.6 Å². The van der Waals surface area contributed by atoms with Crippen molar-refractivity contribution >= 4 is 27.8 Å². The van der Waals surface area contributed by atoms with Gasteiger partial charge in [0.05, 0.1) is 5.39 Å². The Balaban J connectivity index is 1.65. The molecule has 6 nitrogen and oxygen atoms in total. The number of hydrogen-bond acceptors (Lipinski definition) is 4. The fourth-order valence-electron chi connectivity index (χ4n) is 3.52. The molecule has 3 aromatic heterocycles. The van der Waals surface area contributed by atoms with Crippen LogP contribution in [0.15, 0.2) is 67.1 Å². The summed E-state index contributed by atoms with van der Waals surface area (Å²) in [6, 6.07) is 18.5. The summed E-state index contributed by atoms with van der Waals surface area (Å²) < 4.78 is 1.93. The van der Waals surface area contributed by atoms with Gasteiger partial charge in [-0.1, -0.05) is 48.5 Å². The fourth-order valence-corrected chi connectivity index (χ4v) is 3.52. The number of hydrogen-bond donors (Lipinski definition) is 2. The summed E-state index contributed by atoms with van der Waals surface area (Å²) in [5, 5.41) is 6.78. The first kappa shape index (κ1) is 15.6. The molecule has 2 aromatic carbocycles. The Kier molecular flexibility index (Phi) is 3.60. The Morgan fingerprint density at radius 2 is 1.78 bits per heavy atom. The zero-order valence-electron chi connectivity index (χ0n) is 14.6. The van der Waals surface area contributed by atoms with Gasteiger partial charge in [0.15, 0.2) is 5.65 Å². The van der Waals surface area contributed by atoms with Crippen molar-refractivity contribution in [2.75, 3.05) is 5.73 Å². The molecule has 0 aliphatic heterocycles. The van der Waals surface area contributed by atoms with Crippen molar-refractivity contribution < 1.29 is 0 Å². The van der Waals surface area contributed by atoms with E-state index >= 15 is 0 Å². The molecule has 5 aromatic rings. The van der Waals surface area contributed by atoms with Crippen molar-refractivity contribution in [3.63, 3.8) is 0 Å². The highest BCUT2D eigenvalue weighted by Crippen LogP contribution is 2.34. The molecule has 0 aliphatic carbocycles. The molecule has 0 atom stereocenters. The third-order valence-electron chi connectivity index (χ3n) is 4.86. The standard InChI is InChI=1S/C21H18N6/c22-20-18-19(16-12-23-17-9-5-4-8-15(16)17)26-27(21(18)25-13-24-20)11-10-14-6-2-1-3-7-14/h1-9,12-13,23H,10-11H2,(H2,22,24,25). The van der Waals surface area contributed by atoms with Gasteiger partial charge in [-0.05, 0) is 18.1 Å². The Labute approximate surface area is 155 Å². The molecule has 0 saturated heterocycles. The van der Waals surface area contributed by atoms with Gasteiger partial charge in [0.1, 0.15) is 17.8 Å². The molecule has 132 valence electrons. The molecule has 0 saturated carbocycles. The van der Waals surface area contributed by atoms with E-state index < -0.39 is 0 Å². The van der Waals surface area contributed by atoms with Crippen molar-refractivity contribution in [3.05, 3.63) is 72.7 Å². The Bertz CT molecular complexity index is 1240. The van der Waals surface area contributed by atoms with Crippen LogP contribution < -0.4 is 5.73 Å². The highest BCUT2D eigenvalue weighted by atomic mass is 15.3. The molecule has 6 heteroatoms. The quantitative estimate of drug-likeness (QED) is 0.514. The Morgan fingerprint density at radius 3 is 2.67 bits per heavy atom. The van der Waals surface area contributed by atoms with Crippen LogP contribution in [-0.2, 0) is 13.0 Å². The van der Waals surface area contributed by atoms with Crippen LogP contribution in [0.5, 0.6) is 0 Å². The number of aromatic amines is 1. The number of nitrogens with one attached hydrogen (secondary N) is 1. The maximum Gasteiger partial charge on any atom is 0.163 e. The average Bonchev–Trinajstić information content (AvgIpc) is 3.29. The molecule has 0 aliphatic rings. The van der Waals surface area contributed by atoms with E-state index in [0.29, 0.717) is 5.82 Å². The van der Waals surface area contributed by atoms with Gasteiger partial charge in [0.2, 0.25) is 0 Å². The van der Waals surface area contributed by atoms with E-state index in [1.54, 1.807) is 0 Å². The molecular weight excluding hydrogens is 336 g/mol. The number of anilines is 1. The number of benzene rings is 2. The average molecular weight is 354 g/mol. The summed E-state index contributed by atoms with van der Waals surface area (Å²) in [7, 11) is 0. The lowest BCUT2D eigenvalue weighted by Crippen LogP contribution is -2.04. The largest absolute Gasteiger partial charge is 0.383 e. The van der Waals surface area contributed by atoms with E-state index in [1.807, 2.05) is 47.3 Å². The molecule has 3 heterocycles. The Morgan fingerprint density at radius 1 is 0.963 bits per heavy atom. The second kappa shape index (κ2) is 6.25. The van der Waals surface area contributed by atoms with E-state index in [9.17, 15) is 0 Å². The molecular formula is C21H18N6. The van der Waals surface area contributed by atoms with Crippen LogP contribution >= 0.6 is 0 Å². The van der Waals surface area contributed by atoms with Crippen LogP contribution in [0.25, 0.3) is 33.2 Å². The van der Waals surface area contributed by atoms with E-state index in [1.165, 1.54) is 11.9 Å². The highest BCUT2D eigenvalue weighted by Gasteiger charge is 2.19. The first-order chi connectivity index (χ1) is 13.3. The molecule has 0 bridgehead atoms. The van der Waals surface area contributed by atoms with Crippen LogP contribution in [-0.4, -0.2) is 24.7 Å². The smallest absolute Gasteiger partial charge is 0.163 e. The number of H-pyrrole nitrogens is 1. The van der Waals surface area contributed by atoms with Crippen LogP contribution in [0.1, 0.15) is 5.56 Å². The number of aromatic nitrogens is 5.